The third kappa shape index (κ3) is 1.94. The van der Waals surface area contributed by atoms with E-state index < -0.39 is 0 Å². The summed E-state index contributed by atoms with van der Waals surface area (Å²) in [4.78, 5) is 4.40. The maximum absolute atomic E-state index is 9.00. The van der Waals surface area contributed by atoms with Crippen LogP contribution in [0.4, 0.5) is 0 Å². The standard InChI is InChI=1S/C12H13NOS/c1-8-3-10(5-14)4-13-12(8)11-7-15-6-9(11)2/h3-4,6-7,14H,5H2,1-2H3. The van der Waals surface area contributed by atoms with Crippen molar-refractivity contribution in [2.45, 2.75) is 20.5 Å². The summed E-state index contributed by atoms with van der Waals surface area (Å²) in [5.41, 5.74) is 5.45. The topological polar surface area (TPSA) is 33.1 Å². The molecule has 0 unspecified atom stereocenters. The fourth-order valence-corrected chi connectivity index (χ4v) is 2.44. The van der Waals surface area contributed by atoms with Gasteiger partial charge in [0.15, 0.2) is 0 Å². The molecule has 0 bridgehead atoms. The molecule has 2 aromatic heterocycles. The van der Waals surface area contributed by atoms with Gasteiger partial charge in [-0.2, -0.15) is 11.3 Å². The number of rotatable bonds is 2. The van der Waals surface area contributed by atoms with E-state index in [0.29, 0.717) is 0 Å². The Bertz CT molecular complexity index is 476. The summed E-state index contributed by atoms with van der Waals surface area (Å²) in [5, 5.41) is 13.2. The molecule has 0 atom stereocenters. The summed E-state index contributed by atoms with van der Waals surface area (Å²) >= 11 is 1.69. The van der Waals surface area contributed by atoms with E-state index in [1.165, 1.54) is 11.1 Å². The van der Waals surface area contributed by atoms with Crippen molar-refractivity contribution in [3.8, 4) is 11.3 Å². The third-order valence-corrected chi connectivity index (χ3v) is 3.29. The number of thiophene rings is 1. The van der Waals surface area contributed by atoms with Gasteiger partial charge in [-0.15, -0.1) is 0 Å². The van der Waals surface area contributed by atoms with Crippen molar-refractivity contribution >= 4 is 11.3 Å². The molecular weight excluding hydrogens is 206 g/mol. The fourth-order valence-electron chi connectivity index (χ4n) is 1.60. The van der Waals surface area contributed by atoms with Gasteiger partial charge >= 0.3 is 0 Å². The monoisotopic (exact) mass is 219 g/mol. The number of aromatic nitrogens is 1. The molecule has 0 aliphatic heterocycles. The molecule has 0 saturated carbocycles. The fraction of sp³-hybridized carbons (Fsp3) is 0.250. The van der Waals surface area contributed by atoms with E-state index in [1.54, 1.807) is 17.5 Å². The van der Waals surface area contributed by atoms with E-state index in [2.05, 4.69) is 22.7 Å². The number of aliphatic hydroxyl groups is 1. The molecule has 2 nitrogen and oxygen atoms in total. The summed E-state index contributed by atoms with van der Waals surface area (Å²) < 4.78 is 0. The van der Waals surface area contributed by atoms with Gasteiger partial charge in [0.05, 0.1) is 12.3 Å². The van der Waals surface area contributed by atoms with Gasteiger partial charge in [-0.1, -0.05) is 6.07 Å². The predicted molar refractivity (Wildman–Crippen MR) is 62.9 cm³/mol. The Morgan fingerprint density at radius 1 is 1.27 bits per heavy atom. The van der Waals surface area contributed by atoms with E-state index >= 15 is 0 Å². The second-order valence-electron chi connectivity index (χ2n) is 3.64. The lowest BCUT2D eigenvalue weighted by molar-refractivity contribution is 0.281. The van der Waals surface area contributed by atoms with Crippen LogP contribution in [0, 0.1) is 13.8 Å². The van der Waals surface area contributed by atoms with Crippen LogP contribution >= 0.6 is 11.3 Å². The van der Waals surface area contributed by atoms with Crippen LogP contribution < -0.4 is 0 Å². The van der Waals surface area contributed by atoms with Crippen molar-refractivity contribution in [3.63, 3.8) is 0 Å². The Labute approximate surface area is 93.2 Å². The minimum Gasteiger partial charge on any atom is -0.392 e. The highest BCUT2D eigenvalue weighted by Gasteiger charge is 2.07. The van der Waals surface area contributed by atoms with Gasteiger partial charge in [0.25, 0.3) is 0 Å². The second-order valence-corrected chi connectivity index (χ2v) is 4.38. The molecule has 2 heterocycles. The van der Waals surface area contributed by atoms with Crippen LogP contribution in [0.5, 0.6) is 0 Å². The number of aliphatic hydroxyl groups excluding tert-OH is 1. The number of pyridine rings is 1. The van der Waals surface area contributed by atoms with E-state index in [9.17, 15) is 0 Å². The summed E-state index contributed by atoms with van der Waals surface area (Å²) in [5.74, 6) is 0. The lowest BCUT2D eigenvalue weighted by Gasteiger charge is -2.05. The first kappa shape index (κ1) is 10.3. The average molecular weight is 219 g/mol. The Balaban J connectivity index is 2.50. The molecule has 0 fully saturated rings. The molecule has 2 aromatic rings. The zero-order chi connectivity index (χ0) is 10.8. The van der Waals surface area contributed by atoms with Gasteiger partial charge in [0.1, 0.15) is 0 Å². The lowest BCUT2D eigenvalue weighted by atomic mass is 10.1. The molecule has 0 radical (unpaired) electrons. The number of hydrogen-bond acceptors (Lipinski definition) is 3. The van der Waals surface area contributed by atoms with E-state index in [1.807, 2.05) is 13.0 Å². The maximum atomic E-state index is 9.00. The SMILES string of the molecule is Cc1cscc1-c1ncc(CO)cc1C. The molecule has 0 spiro atoms. The highest BCUT2D eigenvalue weighted by Crippen LogP contribution is 2.27. The summed E-state index contributed by atoms with van der Waals surface area (Å²) in [6.07, 6.45) is 1.74. The van der Waals surface area contributed by atoms with Crippen LogP contribution in [0.3, 0.4) is 0 Å². The highest BCUT2D eigenvalue weighted by atomic mass is 32.1. The van der Waals surface area contributed by atoms with Crippen molar-refractivity contribution in [1.29, 1.82) is 0 Å². The van der Waals surface area contributed by atoms with E-state index in [-0.39, 0.29) is 6.61 Å². The summed E-state index contributed by atoms with van der Waals surface area (Å²) in [7, 11) is 0. The van der Waals surface area contributed by atoms with Crippen molar-refractivity contribution < 1.29 is 5.11 Å². The van der Waals surface area contributed by atoms with Crippen LogP contribution in [0.1, 0.15) is 16.7 Å². The summed E-state index contributed by atoms with van der Waals surface area (Å²) in [6.45, 7) is 4.17. The Morgan fingerprint density at radius 2 is 2.07 bits per heavy atom. The van der Waals surface area contributed by atoms with Crippen LogP contribution in [0.2, 0.25) is 0 Å². The zero-order valence-corrected chi connectivity index (χ0v) is 9.64. The van der Waals surface area contributed by atoms with Gasteiger partial charge in [0, 0.05) is 17.1 Å². The van der Waals surface area contributed by atoms with Crippen molar-refractivity contribution in [2.75, 3.05) is 0 Å². The first-order valence-electron chi connectivity index (χ1n) is 4.82. The molecule has 2 rings (SSSR count). The highest BCUT2D eigenvalue weighted by molar-refractivity contribution is 7.08. The van der Waals surface area contributed by atoms with Crippen LogP contribution in [0.25, 0.3) is 11.3 Å². The van der Waals surface area contributed by atoms with E-state index in [4.69, 9.17) is 5.11 Å². The number of nitrogens with zero attached hydrogens (tertiary/aromatic N) is 1. The van der Waals surface area contributed by atoms with Crippen LogP contribution in [-0.4, -0.2) is 10.1 Å². The Morgan fingerprint density at radius 3 is 2.60 bits per heavy atom. The molecule has 0 aromatic carbocycles. The Hall–Kier alpha value is -1.19. The van der Waals surface area contributed by atoms with Crippen molar-refractivity contribution in [1.82, 2.24) is 4.98 Å². The minimum atomic E-state index is 0.0523. The molecular formula is C12H13NOS. The van der Waals surface area contributed by atoms with Crippen LogP contribution in [-0.2, 0) is 6.61 Å². The van der Waals surface area contributed by atoms with Gasteiger partial charge < -0.3 is 5.11 Å². The quantitative estimate of drug-likeness (QED) is 0.842. The van der Waals surface area contributed by atoms with Crippen molar-refractivity contribution in [3.05, 3.63) is 39.7 Å². The minimum absolute atomic E-state index is 0.0523. The van der Waals surface area contributed by atoms with Gasteiger partial charge in [-0.05, 0) is 35.9 Å². The molecule has 0 amide bonds. The largest absolute Gasteiger partial charge is 0.392 e. The first-order valence-corrected chi connectivity index (χ1v) is 5.76. The summed E-state index contributed by atoms with van der Waals surface area (Å²) in [6, 6.07) is 1.99. The number of hydrogen-bond donors (Lipinski definition) is 1. The molecule has 0 aliphatic rings. The van der Waals surface area contributed by atoms with Crippen molar-refractivity contribution in [2.24, 2.45) is 0 Å². The normalized spacial score (nSPS) is 10.6. The van der Waals surface area contributed by atoms with Gasteiger partial charge in [-0.3, -0.25) is 4.98 Å². The molecule has 1 N–H and O–H groups in total. The lowest BCUT2D eigenvalue weighted by Crippen LogP contribution is -1.92. The third-order valence-electron chi connectivity index (χ3n) is 2.43. The number of aryl methyl sites for hydroxylation is 2. The molecule has 15 heavy (non-hydrogen) atoms. The Kier molecular flexibility index (Phi) is 2.84. The van der Waals surface area contributed by atoms with Gasteiger partial charge in [-0.25, -0.2) is 0 Å². The smallest absolute Gasteiger partial charge is 0.0742 e. The molecule has 78 valence electrons. The molecule has 3 heteroatoms. The van der Waals surface area contributed by atoms with E-state index in [0.717, 1.165) is 16.8 Å². The second kappa shape index (κ2) is 4.13. The maximum Gasteiger partial charge on any atom is 0.0742 e. The zero-order valence-electron chi connectivity index (χ0n) is 8.82. The van der Waals surface area contributed by atoms with Gasteiger partial charge in [0.2, 0.25) is 0 Å². The average Bonchev–Trinajstić information content (AvgIpc) is 2.64. The molecule has 0 aliphatic carbocycles. The first-order chi connectivity index (χ1) is 7.22. The van der Waals surface area contributed by atoms with Crippen LogP contribution in [0.15, 0.2) is 23.0 Å². The predicted octanol–water partition coefficient (Wildman–Crippen LogP) is 2.92. The molecule has 0 saturated heterocycles.